The molecule has 0 amide bonds. The third-order valence-corrected chi connectivity index (χ3v) is 4.43. The minimum atomic E-state index is -1.26. The monoisotopic (exact) mass is 376 g/mol. The molecule has 0 bridgehead atoms. The van der Waals surface area contributed by atoms with Gasteiger partial charge in [0.15, 0.2) is 0 Å². The lowest BCUT2D eigenvalue weighted by atomic mass is 10.0. The Hall–Kier alpha value is -2.18. The van der Waals surface area contributed by atoms with Crippen molar-refractivity contribution < 1.29 is 19.8 Å². The van der Waals surface area contributed by atoms with Gasteiger partial charge in [0.05, 0.1) is 0 Å². The Balaban J connectivity index is 0.000000387. The number of rotatable bonds is 7. The van der Waals surface area contributed by atoms with E-state index >= 15 is 0 Å². The summed E-state index contributed by atoms with van der Waals surface area (Å²) in [5.74, 6) is -1.78. The molecule has 27 heavy (non-hydrogen) atoms. The number of nitrogens with zero attached hydrogens (tertiary/aromatic N) is 1. The summed E-state index contributed by atoms with van der Waals surface area (Å²) in [4.78, 5) is 21.8. The van der Waals surface area contributed by atoms with Gasteiger partial charge in [0.25, 0.3) is 0 Å². The van der Waals surface area contributed by atoms with Gasteiger partial charge in [-0.05, 0) is 49.9 Å². The van der Waals surface area contributed by atoms with Crippen molar-refractivity contribution in [1.82, 2.24) is 10.2 Å². The van der Waals surface area contributed by atoms with Crippen molar-refractivity contribution in [3.05, 3.63) is 47.5 Å². The first-order valence-corrected chi connectivity index (χ1v) is 9.42. The molecule has 6 nitrogen and oxygen atoms in total. The highest BCUT2D eigenvalue weighted by Crippen LogP contribution is 2.19. The first-order chi connectivity index (χ1) is 12.8. The van der Waals surface area contributed by atoms with Crippen LogP contribution in [0.5, 0.6) is 0 Å². The predicted octanol–water partition coefficient (Wildman–Crippen LogP) is 2.92. The molecule has 0 saturated carbocycles. The maximum absolute atomic E-state index is 9.55. The normalized spacial score (nSPS) is 15.0. The van der Waals surface area contributed by atoms with Crippen molar-refractivity contribution in [2.24, 2.45) is 5.92 Å². The molecule has 0 unspecified atom stereocenters. The molecule has 1 aliphatic heterocycles. The average molecular weight is 376 g/mol. The molecule has 0 radical (unpaired) electrons. The van der Waals surface area contributed by atoms with Crippen molar-refractivity contribution in [2.45, 2.75) is 46.2 Å². The molecule has 1 heterocycles. The number of aryl methyl sites for hydroxylation is 1. The van der Waals surface area contributed by atoms with E-state index in [4.69, 9.17) is 10.2 Å². The lowest BCUT2D eigenvalue weighted by molar-refractivity contribution is -0.134. The van der Waals surface area contributed by atoms with E-state index in [1.165, 1.54) is 43.6 Å². The van der Waals surface area contributed by atoms with Crippen LogP contribution in [0, 0.1) is 12.8 Å². The lowest BCUT2D eigenvalue weighted by Crippen LogP contribution is -2.44. The molecular weight excluding hydrogens is 344 g/mol. The summed E-state index contributed by atoms with van der Waals surface area (Å²) in [5, 5.41) is 19.1. The third-order valence-electron chi connectivity index (χ3n) is 4.43. The van der Waals surface area contributed by atoms with Crippen LogP contribution in [0.15, 0.2) is 36.4 Å². The Kier molecular flexibility index (Phi) is 10.4. The average Bonchev–Trinajstić information content (AvgIpc) is 2.62. The van der Waals surface area contributed by atoms with Gasteiger partial charge in [0, 0.05) is 31.3 Å². The molecule has 0 spiro atoms. The highest BCUT2D eigenvalue weighted by Gasteiger charge is 2.22. The maximum atomic E-state index is 9.55. The smallest absolute Gasteiger partial charge is 0.328 e. The number of benzene rings is 1. The van der Waals surface area contributed by atoms with Crippen LogP contribution in [0.4, 0.5) is 0 Å². The van der Waals surface area contributed by atoms with Crippen LogP contribution in [0.1, 0.15) is 37.8 Å². The number of nitrogens with one attached hydrogen (secondary N) is 1. The first kappa shape index (κ1) is 22.9. The zero-order chi connectivity index (χ0) is 20.2. The molecule has 0 aliphatic carbocycles. The number of piperidine rings is 1. The van der Waals surface area contributed by atoms with E-state index in [2.05, 4.69) is 55.3 Å². The van der Waals surface area contributed by atoms with Gasteiger partial charge in [-0.1, -0.05) is 38.1 Å². The van der Waals surface area contributed by atoms with E-state index in [9.17, 15) is 9.59 Å². The SMILES string of the molecule is Cc1ccccc1CN(CC(C)C)C1CCNCC1.O=C(O)/C=C/C(=O)O. The quantitative estimate of drug-likeness (QED) is 0.634. The molecular formula is C21H32N2O4. The molecule has 2 rings (SSSR count). The van der Waals surface area contributed by atoms with Crippen LogP contribution in [0.2, 0.25) is 0 Å². The lowest BCUT2D eigenvalue weighted by Gasteiger charge is -2.36. The number of hydrogen-bond acceptors (Lipinski definition) is 4. The van der Waals surface area contributed by atoms with E-state index in [-0.39, 0.29) is 0 Å². The van der Waals surface area contributed by atoms with Crippen LogP contribution in [0.3, 0.4) is 0 Å². The summed E-state index contributed by atoms with van der Waals surface area (Å²) in [7, 11) is 0. The minimum absolute atomic E-state index is 0.558. The van der Waals surface area contributed by atoms with Gasteiger partial charge in [0.1, 0.15) is 0 Å². The van der Waals surface area contributed by atoms with Crippen molar-refractivity contribution in [3.63, 3.8) is 0 Å². The maximum Gasteiger partial charge on any atom is 0.328 e. The van der Waals surface area contributed by atoms with Crippen molar-refractivity contribution in [3.8, 4) is 0 Å². The second-order valence-corrected chi connectivity index (χ2v) is 7.24. The van der Waals surface area contributed by atoms with E-state index in [0.29, 0.717) is 12.2 Å². The highest BCUT2D eigenvalue weighted by molar-refractivity contribution is 5.89. The summed E-state index contributed by atoms with van der Waals surface area (Å²) in [5.41, 5.74) is 2.91. The van der Waals surface area contributed by atoms with Crippen LogP contribution in [0.25, 0.3) is 0 Å². The number of carboxylic acids is 2. The second kappa shape index (κ2) is 12.3. The highest BCUT2D eigenvalue weighted by atomic mass is 16.4. The van der Waals surface area contributed by atoms with E-state index in [1.807, 2.05) is 0 Å². The molecule has 3 N–H and O–H groups in total. The van der Waals surface area contributed by atoms with E-state index in [1.54, 1.807) is 0 Å². The fourth-order valence-corrected chi connectivity index (χ4v) is 3.13. The first-order valence-electron chi connectivity index (χ1n) is 9.42. The van der Waals surface area contributed by atoms with Crippen LogP contribution in [-0.4, -0.2) is 52.7 Å². The Bertz CT molecular complexity index is 606. The Morgan fingerprint density at radius 1 is 1.15 bits per heavy atom. The van der Waals surface area contributed by atoms with Gasteiger partial charge in [-0.2, -0.15) is 0 Å². The van der Waals surface area contributed by atoms with Gasteiger partial charge < -0.3 is 15.5 Å². The van der Waals surface area contributed by atoms with Crippen LogP contribution < -0.4 is 5.32 Å². The summed E-state index contributed by atoms with van der Waals surface area (Å²) in [6.45, 7) is 11.5. The molecule has 1 fully saturated rings. The minimum Gasteiger partial charge on any atom is -0.478 e. The van der Waals surface area contributed by atoms with E-state index in [0.717, 1.165) is 18.5 Å². The Morgan fingerprint density at radius 2 is 1.70 bits per heavy atom. The summed E-state index contributed by atoms with van der Waals surface area (Å²) in [6, 6.07) is 9.56. The van der Waals surface area contributed by atoms with Gasteiger partial charge in [-0.25, -0.2) is 9.59 Å². The third kappa shape index (κ3) is 9.92. The topological polar surface area (TPSA) is 89.9 Å². The van der Waals surface area contributed by atoms with Crippen molar-refractivity contribution >= 4 is 11.9 Å². The van der Waals surface area contributed by atoms with Gasteiger partial charge in [0.2, 0.25) is 0 Å². The molecule has 1 aromatic rings. The largest absolute Gasteiger partial charge is 0.478 e. The summed E-state index contributed by atoms with van der Waals surface area (Å²) in [6.07, 6.45) is 3.70. The Morgan fingerprint density at radius 3 is 2.19 bits per heavy atom. The van der Waals surface area contributed by atoms with Crippen LogP contribution in [-0.2, 0) is 16.1 Å². The summed E-state index contributed by atoms with van der Waals surface area (Å²) < 4.78 is 0. The molecule has 0 aromatic heterocycles. The van der Waals surface area contributed by atoms with Crippen molar-refractivity contribution in [2.75, 3.05) is 19.6 Å². The fraction of sp³-hybridized carbons (Fsp3) is 0.524. The molecule has 1 aliphatic rings. The van der Waals surface area contributed by atoms with Crippen molar-refractivity contribution in [1.29, 1.82) is 0 Å². The molecule has 1 aromatic carbocycles. The standard InChI is InChI=1S/C17H28N2.C4H4O4/c1-14(2)12-19(17-8-10-18-11-9-17)13-16-7-5-4-6-15(16)3;5-3(6)1-2-4(7)8/h4-7,14,17-18H,8-13H2,1-3H3;1-2H,(H,5,6)(H,7,8)/b;2-1+. The van der Waals surface area contributed by atoms with E-state index < -0.39 is 11.9 Å². The molecule has 150 valence electrons. The second-order valence-electron chi connectivity index (χ2n) is 7.24. The summed E-state index contributed by atoms with van der Waals surface area (Å²) >= 11 is 0. The number of aliphatic carboxylic acids is 2. The number of carboxylic acid groups (broad SMARTS) is 2. The predicted molar refractivity (Wildman–Crippen MR) is 107 cm³/mol. The van der Waals surface area contributed by atoms with Gasteiger partial charge in [-0.15, -0.1) is 0 Å². The Labute approximate surface area is 161 Å². The molecule has 0 atom stereocenters. The number of carbonyl (C=O) groups is 2. The van der Waals surface area contributed by atoms with Gasteiger partial charge in [-0.3, -0.25) is 4.90 Å². The fourth-order valence-electron chi connectivity index (χ4n) is 3.13. The zero-order valence-electron chi connectivity index (χ0n) is 16.5. The molecule has 6 heteroatoms. The van der Waals surface area contributed by atoms with Gasteiger partial charge >= 0.3 is 11.9 Å². The zero-order valence-corrected chi connectivity index (χ0v) is 16.5. The molecule has 1 saturated heterocycles. The van der Waals surface area contributed by atoms with Crippen LogP contribution >= 0.6 is 0 Å². The number of hydrogen-bond donors (Lipinski definition) is 3.